The monoisotopic (exact) mass is 188 g/mol. The molecule has 0 aliphatic rings. The van der Waals surface area contributed by atoms with Crippen LogP contribution in [-0.2, 0) is 0 Å². The molecule has 0 radical (unpaired) electrons. The van der Waals surface area contributed by atoms with Gasteiger partial charge >= 0.3 is 0 Å². The molecule has 0 heterocycles. The zero-order valence-corrected chi connectivity index (χ0v) is 10.00. The lowest BCUT2D eigenvalue weighted by molar-refractivity contribution is 0.513. The van der Waals surface area contributed by atoms with Crippen molar-refractivity contribution in [3.63, 3.8) is 0 Å². The molecule has 12 heavy (non-hydrogen) atoms. The molecule has 2 heteroatoms. The van der Waals surface area contributed by atoms with E-state index < -0.39 is 9.04 Å². The van der Waals surface area contributed by atoms with Gasteiger partial charge in [0.25, 0.3) is 0 Å². The van der Waals surface area contributed by atoms with Gasteiger partial charge < -0.3 is 4.80 Å². The molecule has 0 aliphatic heterocycles. The molecule has 1 N–H and O–H groups in total. The van der Waals surface area contributed by atoms with Crippen molar-refractivity contribution in [2.75, 3.05) is 0 Å². The Bertz CT molecular complexity index is 95.8. The lowest BCUT2D eigenvalue weighted by Crippen LogP contribution is -2.19. The van der Waals surface area contributed by atoms with Gasteiger partial charge in [0, 0.05) is 0 Å². The topological polar surface area (TPSA) is 20.2 Å². The van der Waals surface area contributed by atoms with E-state index in [-0.39, 0.29) is 0 Å². The summed E-state index contributed by atoms with van der Waals surface area (Å²) < 4.78 is 0. The summed E-state index contributed by atoms with van der Waals surface area (Å²) in [5.74, 6) is 0. The maximum atomic E-state index is 9.91. The SMILES string of the molecule is CCCC[SiH](O)C(CC)CCC. The summed E-state index contributed by atoms with van der Waals surface area (Å²) in [5.41, 5.74) is 0.682. The summed E-state index contributed by atoms with van der Waals surface area (Å²) in [7, 11) is -1.35. The summed E-state index contributed by atoms with van der Waals surface area (Å²) in [5, 5.41) is 0. The van der Waals surface area contributed by atoms with E-state index in [2.05, 4.69) is 20.8 Å². The summed E-state index contributed by atoms with van der Waals surface area (Å²) in [4.78, 5) is 9.91. The summed E-state index contributed by atoms with van der Waals surface area (Å²) in [6.45, 7) is 6.62. The first-order chi connectivity index (χ1) is 5.76. The average Bonchev–Trinajstić information content (AvgIpc) is 2.10. The lowest BCUT2D eigenvalue weighted by atomic mass is 10.2. The van der Waals surface area contributed by atoms with E-state index in [1.54, 1.807) is 0 Å². The third-order valence-electron chi connectivity index (χ3n) is 2.58. The molecule has 0 rings (SSSR count). The first-order valence-electron chi connectivity index (χ1n) is 5.44. The molecule has 0 aromatic heterocycles. The van der Waals surface area contributed by atoms with Gasteiger partial charge in [-0.05, 0) is 11.6 Å². The fourth-order valence-electron chi connectivity index (χ4n) is 1.69. The summed E-state index contributed by atoms with van der Waals surface area (Å²) >= 11 is 0. The highest BCUT2D eigenvalue weighted by atomic mass is 28.3. The second-order valence-corrected chi connectivity index (χ2v) is 6.32. The van der Waals surface area contributed by atoms with Gasteiger partial charge in [-0.3, -0.25) is 0 Å². The van der Waals surface area contributed by atoms with E-state index in [0.29, 0.717) is 5.54 Å². The van der Waals surface area contributed by atoms with Crippen molar-refractivity contribution in [3.8, 4) is 0 Å². The van der Waals surface area contributed by atoms with E-state index in [1.165, 1.54) is 32.1 Å². The summed E-state index contributed by atoms with van der Waals surface area (Å²) in [6, 6.07) is 1.13. The summed E-state index contributed by atoms with van der Waals surface area (Å²) in [6.07, 6.45) is 6.12. The van der Waals surface area contributed by atoms with Crippen molar-refractivity contribution in [2.45, 2.75) is 64.5 Å². The van der Waals surface area contributed by atoms with Crippen molar-refractivity contribution >= 4 is 9.04 Å². The molecule has 1 nitrogen and oxygen atoms in total. The van der Waals surface area contributed by atoms with Gasteiger partial charge in [-0.1, -0.05) is 52.9 Å². The Morgan fingerprint density at radius 1 is 1.17 bits per heavy atom. The van der Waals surface area contributed by atoms with E-state index in [1.807, 2.05) is 0 Å². The molecule has 74 valence electrons. The van der Waals surface area contributed by atoms with Gasteiger partial charge in [-0.25, -0.2) is 0 Å². The molecule has 0 fully saturated rings. The Kier molecular flexibility index (Phi) is 7.92. The van der Waals surface area contributed by atoms with Crippen LogP contribution < -0.4 is 0 Å². The highest BCUT2D eigenvalue weighted by Gasteiger charge is 2.17. The molecule has 0 amide bonds. The molecule has 0 bridgehead atoms. The molecular formula is C10H24OSi. The van der Waals surface area contributed by atoms with E-state index >= 15 is 0 Å². The van der Waals surface area contributed by atoms with E-state index in [9.17, 15) is 4.80 Å². The predicted octanol–water partition coefficient (Wildman–Crippen LogP) is 3.08. The van der Waals surface area contributed by atoms with Crippen molar-refractivity contribution < 1.29 is 4.80 Å². The van der Waals surface area contributed by atoms with Crippen molar-refractivity contribution in [1.29, 1.82) is 0 Å². The Balaban J connectivity index is 3.60. The minimum absolute atomic E-state index is 0.682. The fourth-order valence-corrected chi connectivity index (χ4v) is 4.25. The minimum atomic E-state index is -1.35. The van der Waals surface area contributed by atoms with Crippen LogP contribution >= 0.6 is 0 Å². The normalized spacial score (nSPS) is 16.0. The standard InChI is InChI=1S/C10H24OSi/c1-4-7-9-12(11)10(6-3)8-5-2/h10-12H,4-9H2,1-3H3. The first kappa shape index (κ1) is 12.2. The number of hydrogen-bond donors (Lipinski definition) is 1. The smallest absolute Gasteiger partial charge is 0.175 e. The fraction of sp³-hybridized carbons (Fsp3) is 1.00. The maximum Gasteiger partial charge on any atom is 0.175 e. The number of unbranched alkanes of at least 4 members (excludes halogenated alkanes) is 1. The Morgan fingerprint density at radius 3 is 2.25 bits per heavy atom. The van der Waals surface area contributed by atoms with E-state index in [0.717, 1.165) is 6.04 Å². The molecule has 0 saturated carbocycles. The van der Waals surface area contributed by atoms with Crippen LogP contribution in [0.1, 0.15) is 52.9 Å². The Labute approximate surface area is 78.9 Å². The van der Waals surface area contributed by atoms with Crippen LogP contribution in [0.2, 0.25) is 11.6 Å². The maximum absolute atomic E-state index is 9.91. The quantitative estimate of drug-likeness (QED) is 0.609. The van der Waals surface area contributed by atoms with Gasteiger partial charge in [-0.15, -0.1) is 0 Å². The number of rotatable bonds is 7. The van der Waals surface area contributed by atoms with Crippen molar-refractivity contribution in [2.24, 2.45) is 0 Å². The predicted molar refractivity (Wildman–Crippen MR) is 58.0 cm³/mol. The van der Waals surface area contributed by atoms with Gasteiger partial charge in [0.2, 0.25) is 0 Å². The average molecular weight is 188 g/mol. The van der Waals surface area contributed by atoms with Crippen LogP contribution in [-0.4, -0.2) is 13.8 Å². The molecule has 2 atom stereocenters. The highest BCUT2D eigenvalue weighted by molar-refractivity contribution is 6.52. The van der Waals surface area contributed by atoms with Crippen molar-refractivity contribution in [1.82, 2.24) is 0 Å². The molecule has 2 unspecified atom stereocenters. The van der Waals surface area contributed by atoms with E-state index in [4.69, 9.17) is 0 Å². The van der Waals surface area contributed by atoms with Gasteiger partial charge in [0.15, 0.2) is 9.04 Å². The Hall–Kier alpha value is 0.177. The zero-order valence-electron chi connectivity index (χ0n) is 8.84. The molecule has 0 saturated heterocycles. The highest BCUT2D eigenvalue weighted by Crippen LogP contribution is 2.23. The number of hydrogen-bond acceptors (Lipinski definition) is 1. The molecule has 0 spiro atoms. The molecule has 0 aliphatic carbocycles. The lowest BCUT2D eigenvalue weighted by Gasteiger charge is -2.18. The van der Waals surface area contributed by atoms with Gasteiger partial charge in [-0.2, -0.15) is 0 Å². The van der Waals surface area contributed by atoms with Crippen LogP contribution in [0.3, 0.4) is 0 Å². The van der Waals surface area contributed by atoms with Gasteiger partial charge in [0.05, 0.1) is 0 Å². The first-order valence-corrected chi connectivity index (χ1v) is 7.44. The zero-order chi connectivity index (χ0) is 9.40. The molecule has 0 aromatic carbocycles. The van der Waals surface area contributed by atoms with Crippen LogP contribution in [0.4, 0.5) is 0 Å². The van der Waals surface area contributed by atoms with Crippen LogP contribution in [0.5, 0.6) is 0 Å². The van der Waals surface area contributed by atoms with Gasteiger partial charge in [0.1, 0.15) is 0 Å². The third kappa shape index (κ3) is 4.94. The third-order valence-corrected chi connectivity index (χ3v) is 5.47. The van der Waals surface area contributed by atoms with Crippen LogP contribution in [0.15, 0.2) is 0 Å². The largest absolute Gasteiger partial charge is 0.434 e. The molecular weight excluding hydrogens is 164 g/mol. The second kappa shape index (κ2) is 7.81. The van der Waals surface area contributed by atoms with Crippen LogP contribution in [0.25, 0.3) is 0 Å². The Morgan fingerprint density at radius 2 is 1.83 bits per heavy atom. The molecule has 0 aromatic rings. The van der Waals surface area contributed by atoms with Crippen LogP contribution in [0, 0.1) is 0 Å². The van der Waals surface area contributed by atoms with Crippen molar-refractivity contribution in [3.05, 3.63) is 0 Å². The minimum Gasteiger partial charge on any atom is -0.434 e. The second-order valence-electron chi connectivity index (χ2n) is 3.67.